The van der Waals surface area contributed by atoms with Crippen molar-refractivity contribution in [2.45, 2.75) is 26.7 Å². The van der Waals surface area contributed by atoms with Crippen LogP contribution in [0.25, 0.3) is 0 Å². The molecule has 0 amide bonds. The number of aromatic nitrogens is 1. The lowest BCUT2D eigenvalue weighted by atomic mass is 10.1. The monoisotopic (exact) mass is 185 g/mol. The van der Waals surface area contributed by atoms with Gasteiger partial charge < -0.3 is 5.11 Å². The van der Waals surface area contributed by atoms with E-state index in [0.29, 0.717) is 10.6 Å². The molecule has 0 aliphatic rings. The summed E-state index contributed by atoms with van der Waals surface area (Å²) in [4.78, 5) is 15.3. The Morgan fingerprint density at radius 3 is 2.50 bits per heavy atom. The van der Waals surface area contributed by atoms with E-state index < -0.39 is 5.97 Å². The summed E-state index contributed by atoms with van der Waals surface area (Å²) in [7, 11) is 0. The lowest BCUT2D eigenvalue weighted by Gasteiger charge is -1.99. The van der Waals surface area contributed by atoms with Crippen LogP contribution in [0.4, 0.5) is 0 Å². The number of carboxylic acid groups (broad SMARTS) is 1. The first-order valence-electron chi connectivity index (χ1n) is 3.73. The fraction of sp³-hybridized carbons (Fsp3) is 0.500. The molecule has 0 aromatic carbocycles. The van der Waals surface area contributed by atoms with E-state index in [2.05, 4.69) is 4.98 Å². The minimum atomic E-state index is -0.871. The third kappa shape index (κ3) is 1.64. The Morgan fingerprint density at radius 2 is 2.17 bits per heavy atom. The molecule has 1 aromatic rings. The molecule has 0 bridgehead atoms. The number of aryl methyl sites for hydroxylation is 1. The molecule has 0 unspecified atom stereocenters. The van der Waals surface area contributed by atoms with Gasteiger partial charge in [0.05, 0.1) is 10.7 Å². The highest BCUT2D eigenvalue weighted by atomic mass is 32.1. The molecule has 66 valence electrons. The van der Waals surface area contributed by atoms with Crippen LogP contribution in [0.2, 0.25) is 0 Å². The molecule has 0 saturated carbocycles. The molecule has 1 aromatic heterocycles. The number of thiazole rings is 1. The SMILES string of the molecule is Cc1nc(C(C)C)c(C(=O)O)s1. The maximum atomic E-state index is 10.7. The van der Waals surface area contributed by atoms with E-state index in [1.807, 2.05) is 20.8 Å². The van der Waals surface area contributed by atoms with Gasteiger partial charge in [-0.25, -0.2) is 9.78 Å². The minimum absolute atomic E-state index is 0.182. The average Bonchev–Trinajstić information content (AvgIpc) is 2.31. The largest absolute Gasteiger partial charge is 0.477 e. The van der Waals surface area contributed by atoms with Gasteiger partial charge in [-0.15, -0.1) is 11.3 Å². The molecule has 0 aliphatic carbocycles. The maximum absolute atomic E-state index is 10.7. The smallest absolute Gasteiger partial charge is 0.347 e. The molecule has 0 spiro atoms. The predicted molar refractivity (Wildman–Crippen MR) is 47.9 cm³/mol. The van der Waals surface area contributed by atoms with Gasteiger partial charge in [0.2, 0.25) is 0 Å². The van der Waals surface area contributed by atoms with Crippen molar-refractivity contribution in [2.24, 2.45) is 0 Å². The number of carbonyl (C=O) groups is 1. The third-order valence-corrected chi connectivity index (χ3v) is 2.48. The fourth-order valence-electron chi connectivity index (χ4n) is 0.988. The van der Waals surface area contributed by atoms with Crippen LogP contribution in [0.5, 0.6) is 0 Å². The number of aromatic carboxylic acids is 1. The van der Waals surface area contributed by atoms with E-state index in [4.69, 9.17) is 5.11 Å². The number of rotatable bonds is 2. The molecule has 0 fully saturated rings. The molecule has 3 nitrogen and oxygen atoms in total. The van der Waals surface area contributed by atoms with Gasteiger partial charge in [0, 0.05) is 0 Å². The van der Waals surface area contributed by atoms with Crippen LogP contribution in [0, 0.1) is 6.92 Å². The van der Waals surface area contributed by atoms with Crippen molar-refractivity contribution >= 4 is 17.3 Å². The molecule has 1 heterocycles. The molecule has 0 saturated heterocycles. The molecule has 4 heteroatoms. The zero-order valence-corrected chi connectivity index (χ0v) is 8.10. The molecular weight excluding hydrogens is 174 g/mol. The highest BCUT2D eigenvalue weighted by Gasteiger charge is 2.17. The van der Waals surface area contributed by atoms with E-state index in [1.54, 1.807) is 0 Å². The van der Waals surface area contributed by atoms with Crippen LogP contribution in [-0.4, -0.2) is 16.1 Å². The normalized spacial score (nSPS) is 10.7. The first-order chi connectivity index (χ1) is 5.52. The van der Waals surface area contributed by atoms with Gasteiger partial charge in [0.1, 0.15) is 4.88 Å². The van der Waals surface area contributed by atoms with Crippen LogP contribution < -0.4 is 0 Å². The van der Waals surface area contributed by atoms with Crippen LogP contribution >= 0.6 is 11.3 Å². The highest BCUT2D eigenvalue weighted by Crippen LogP contribution is 2.24. The Kier molecular flexibility index (Phi) is 2.47. The second kappa shape index (κ2) is 3.23. The summed E-state index contributed by atoms with van der Waals surface area (Å²) in [6.45, 7) is 5.71. The average molecular weight is 185 g/mol. The number of carboxylic acids is 1. The topological polar surface area (TPSA) is 50.2 Å². The van der Waals surface area contributed by atoms with Gasteiger partial charge in [0.25, 0.3) is 0 Å². The Balaban J connectivity index is 3.17. The van der Waals surface area contributed by atoms with Gasteiger partial charge in [-0.3, -0.25) is 0 Å². The molecule has 1 rings (SSSR count). The number of hydrogen-bond acceptors (Lipinski definition) is 3. The van der Waals surface area contributed by atoms with Gasteiger partial charge in [-0.05, 0) is 12.8 Å². The molecule has 0 atom stereocenters. The lowest BCUT2D eigenvalue weighted by molar-refractivity contribution is 0.0700. The molecule has 0 radical (unpaired) electrons. The van der Waals surface area contributed by atoms with Crippen molar-refractivity contribution < 1.29 is 9.90 Å². The molecular formula is C8H11NO2S. The lowest BCUT2D eigenvalue weighted by Crippen LogP contribution is -2.00. The van der Waals surface area contributed by atoms with Crippen LogP contribution in [-0.2, 0) is 0 Å². The van der Waals surface area contributed by atoms with Crippen molar-refractivity contribution in [3.05, 3.63) is 15.6 Å². The Bertz CT molecular complexity index is 304. The minimum Gasteiger partial charge on any atom is -0.477 e. The second-order valence-corrected chi connectivity index (χ2v) is 4.11. The maximum Gasteiger partial charge on any atom is 0.347 e. The Hall–Kier alpha value is -0.900. The summed E-state index contributed by atoms with van der Waals surface area (Å²) >= 11 is 1.24. The first kappa shape index (κ1) is 9.19. The fourth-order valence-corrected chi connectivity index (χ4v) is 1.90. The van der Waals surface area contributed by atoms with Crippen molar-refractivity contribution in [1.82, 2.24) is 4.98 Å². The number of hydrogen-bond donors (Lipinski definition) is 1. The van der Waals surface area contributed by atoms with Gasteiger partial charge in [-0.2, -0.15) is 0 Å². The highest BCUT2D eigenvalue weighted by molar-refractivity contribution is 7.13. The van der Waals surface area contributed by atoms with E-state index in [1.165, 1.54) is 11.3 Å². The van der Waals surface area contributed by atoms with Crippen molar-refractivity contribution in [1.29, 1.82) is 0 Å². The van der Waals surface area contributed by atoms with Crippen molar-refractivity contribution in [3.63, 3.8) is 0 Å². The second-order valence-electron chi connectivity index (χ2n) is 2.91. The first-order valence-corrected chi connectivity index (χ1v) is 4.54. The summed E-state index contributed by atoms with van der Waals surface area (Å²) in [6.07, 6.45) is 0. The van der Waals surface area contributed by atoms with Gasteiger partial charge >= 0.3 is 5.97 Å². The zero-order valence-electron chi connectivity index (χ0n) is 7.29. The van der Waals surface area contributed by atoms with Crippen molar-refractivity contribution in [3.8, 4) is 0 Å². The van der Waals surface area contributed by atoms with E-state index in [-0.39, 0.29) is 5.92 Å². The quantitative estimate of drug-likeness (QED) is 0.769. The van der Waals surface area contributed by atoms with Gasteiger partial charge in [-0.1, -0.05) is 13.8 Å². The number of nitrogens with zero attached hydrogens (tertiary/aromatic N) is 1. The molecule has 12 heavy (non-hydrogen) atoms. The van der Waals surface area contributed by atoms with Crippen LogP contribution in [0.1, 0.15) is 40.1 Å². The molecule has 0 aliphatic heterocycles. The van der Waals surface area contributed by atoms with E-state index in [9.17, 15) is 4.79 Å². The standard InChI is InChI=1S/C8H11NO2S/c1-4(2)6-7(8(10)11)12-5(3)9-6/h4H,1-3H3,(H,10,11). The van der Waals surface area contributed by atoms with Crippen LogP contribution in [0.15, 0.2) is 0 Å². The van der Waals surface area contributed by atoms with Gasteiger partial charge in [0.15, 0.2) is 0 Å². The zero-order chi connectivity index (χ0) is 9.30. The van der Waals surface area contributed by atoms with Crippen LogP contribution in [0.3, 0.4) is 0 Å². The van der Waals surface area contributed by atoms with Crippen molar-refractivity contribution in [2.75, 3.05) is 0 Å². The summed E-state index contributed by atoms with van der Waals surface area (Å²) < 4.78 is 0. The van der Waals surface area contributed by atoms with E-state index in [0.717, 1.165) is 5.01 Å². The predicted octanol–water partition coefficient (Wildman–Crippen LogP) is 2.27. The Labute approximate surface area is 75.1 Å². The summed E-state index contributed by atoms with van der Waals surface area (Å²) in [6, 6.07) is 0. The third-order valence-electron chi connectivity index (χ3n) is 1.50. The summed E-state index contributed by atoms with van der Waals surface area (Å²) in [5, 5.41) is 9.61. The summed E-state index contributed by atoms with van der Waals surface area (Å²) in [5.74, 6) is -0.689. The van der Waals surface area contributed by atoms with E-state index >= 15 is 0 Å². The molecule has 1 N–H and O–H groups in total. The summed E-state index contributed by atoms with van der Waals surface area (Å²) in [5.41, 5.74) is 0.699. The Morgan fingerprint density at radius 1 is 1.58 bits per heavy atom.